The van der Waals surface area contributed by atoms with Gasteiger partial charge in [-0.3, -0.25) is 9.79 Å². The fourth-order valence-electron chi connectivity index (χ4n) is 1.26. The summed E-state index contributed by atoms with van der Waals surface area (Å²) in [5.41, 5.74) is 0. The molecule has 1 rings (SSSR count). The van der Waals surface area contributed by atoms with Gasteiger partial charge < -0.3 is 10.6 Å². The Balaban J connectivity index is 2.05. The van der Waals surface area contributed by atoms with Crippen LogP contribution in [-0.4, -0.2) is 36.5 Å². The number of aliphatic imine (C=N–C) groups is 1. The van der Waals surface area contributed by atoms with Crippen molar-refractivity contribution in [3.63, 3.8) is 0 Å². The average molecular weight is 243 g/mol. The molecule has 4 nitrogen and oxygen atoms in total. The van der Waals surface area contributed by atoms with E-state index in [1.807, 2.05) is 0 Å². The van der Waals surface area contributed by atoms with Crippen molar-refractivity contribution < 1.29 is 4.79 Å². The highest BCUT2D eigenvalue weighted by molar-refractivity contribution is 8.13. The quantitative estimate of drug-likeness (QED) is 0.763. The highest BCUT2D eigenvalue weighted by atomic mass is 32.2. The third-order valence-corrected chi connectivity index (χ3v) is 3.17. The van der Waals surface area contributed by atoms with Gasteiger partial charge >= 0.3 is 0 Å². The molecule has 0 fully saturated rings. The molecule has 2 N–H and O–H groups in total. The lowest BCUT2D eigenvalue weighted by atomic mass is 10.2. The second-order valence-electron chi connectivity index (χ2n) is 4.26. The summed E-state index contributed by atoms with van der Waals surface area (Å²) in [6.45, 7) is 6.52. The largest absolute Gasteiger partial charge is 0.364 e. The van der Waals surface area contributed by atoms with Crippen LogP contribution in [0.4, 0.5) is 0 Å². The zero-order chi connectivity index (χ0) is 11.8. The second kappa shape index (κ2) is 7.54. The Hall–Kier alpha value is -0.710. The van der Waals surface area contributed by atoms with Gasteiger partial charge in [-0.2, -0.15) is 0 Å². The van der Waals surface area contributed by atoms with Crippen molar-refractivity contribution in [2.24, 2.45) is 10.9 Å². The fourth-order valence-corrected chi connectivity index (χ4v) is 2.11. The first-order valence-electron chi connectivity index (χ1n) is 5.86. The van der Waals surface area contributed by atoms with E-state index in [9.17, 15) is 4.79 Å². The number of carbonyl (C=O) groups is 1. The van der Waals surface area contributed by atoms with Crippen LogP contribution in [0.1, 0.15) is 26.7 Å². The maximum absolute atomic E-state index is 11.4. The van der Waals surface area contributed by atoms with Gasteiger partial charge in [-0.15, -0.1) is 0 Å². The summed E-state index contributed by atoms with van der Waals surface area (Å²) in [7, 11) is 0. The molecule has 0 spiro atoms. The van der Waals surface area contributed by atoms with Gasteiger partial charge in [-0.05, 0) is 12.3 Å². The molecule has 1 heterocycles. The molecule has 0 saturated heterocycles. The lowest BCUT2D eigenvalue weighted by molar-refractivity contribution is -0.121. The first kappa shape index (κ1) is 13.4. The highest BCUT2D eigenvalue weighted by Gasteiger charge is 2.06. The molecule has 0 aliphatic carbocycles. The van der Waals surface area contributed by atoms with Gasteiger partial charge in [0.1, 0.15) is 0 Å². The minimum atomic E-state index is 0.114. The minimum Gasteiger partial charge on any atom is -0.364 e. The van der Waals surface area contributed by atoms with Crippen molar-refractivity contribution in [2.45, 2.75) is 26.7 Å². The fraction of sp³-hybridized carbons (Fsp3) is 0.818. The normalized spacial score (nSPS) is 15.8. The van der Waals surface area contributed by atoms with E-state index in [0.29, 0.717) is 18.9 Å². The van der Waals surface area contributed by atoms with Crippen LogP contribution in [0.5, 0.6) is 0 Å². The maximum atomic E-state index is 11.4. The number of thioether (sulfide) groups is 1. The van der Waals surface area contributed by atoms with Crippen LogP contribution in [-0.2, 0) is 4.79 Å². The summed E-state index contributed by atoms with van der Waals surface area (Å²) in [6, 6.07) is 0. The van der Waals surface area contributed by atoms with E-state index < -0.39 is 0 Å². The van der Waals surface area contributed by atoms with Crippen molar-refractivity contribution in [3.05, 3.63) is 0 Å². The summed E-state index contributed by atoms with van der Waals surface area (Å²) in [6.07, 6.45) is 1.68. The zero-order valence-electron chi connectivity index (χ0n) is 10.1. The van der Waals surface area contributed by atoms with E-state index in [2.05, 4.69) is 29.5 Å². The maximum Gasteiger partial charge on any atom is 0.221 e. The van der Waals surface area contributed by atoms with Gasteiger partial charge in [0.25, 0.3) is 0 Å². The number of nitrogens with zero attached hydrogens (tertiary/aromatic N) is 1. The van der Waals surface area contributed by atoms with Crippen molar-refractivity contribution in [2.75, 3.05) is 25.4 Å². The second-order valence-corrected chi connectivity index (χ2v) is 5.35. The number of hydrogen-bond acceptors (Lipinski definition) is 4. The molecule has 1 aliphatic rings. The standard InChI is InChI=1S/C11H21N3OS/c1-9(2)8-14-10(15)4-6-13-11-12-5-3-7-16-11/h9H,3-8H2,1-2H3,(H,12,13)(H,14,15). The number of rotatable bonds is 5. The van der Waals surface area contributed by atoms with Crippen LogP contribution in [0.25, 0.3) is 0 Å². The molecule has 0 saturated carbocycles. The molecule has 16 heavy (non-hydrogen) atoms. The monoisotopic (exact) mass is 243 g/mol. The summed E-state index contributed by atoms with van der Waals surface area (Å²) in [5.74, 6) is 1.75. The van der Waals surface area contributed by atoms with Gasteiger partial charge in [-0.1, -0.05) is 25.6 Å². The number of carbonyl (C=O) groups excluding carboxylic acids is 1. The Bertz CT molecular complexity index is 254. The molecular formula is C11H21N3OS. The Morgan fingerprint density at radius 2 is 2.38 bits per heavy atom. The molecule has 1 amide bonds. The van der Waals surface area contributed by atoms with Crippen LogP contribution in [0.2, 0.25) is 0 Å². The first-order valence-corrected chi connectivity index (χ1v) is 6.85. The van der Waals surface area contributed by atoms with Gasteiger partial charge in [0.15, 0.2) is 5.17 Å². The van der Waals surface area contributed by atoms with Crippen molar-refractivity contribution >= 4 is 22.8 Å². The van der Waals surface area contributed by atoms with Gasteiger partial charge in [0, 0.05) is 31.8 Å². The Morgan fingerprint density at radius 1 is 1.56 bits per heavy atom. The molecule has 1 aliphatic heterocycles. The first-order chi connectivity index (χ1) is 7.68. The molecular weight excluding hydrogens is 222 g/mol. The topological polar surface area (TPSA) is 53.5 Å². The highest BCUT2D eigenvalue weighted by Crippen LogP contribution is 2.09. The summed E-state index contributed by atoms with van der Waals surface area (Å²) in [4.78, 5) is 15.7. The van der Waals surface area contributed by atoms with Crippen LogP contribution >= 0.6 is 11.8 Å². The molecule has 0 aromatic carbocycles. The predicted molar refractivity (Wildman–Crippen MR) is 69.8 cm³/mol. The van der Waals surface area contributed by atoms with Crippen LogP contribution in [0.3, 0.4) is 0 Å². The smallest absolute Gasteiger partial charge is 0.221 e. The molecule has 0 radical (unpaired) electrons. The zero-order valence-corrected chi connectivity index (χ0v) is 10.9. The molecule has 0 bridgehead atoms. The molecule has 0 unspecified atom stereocenters. The summed E-state index contributed by atoms with van der Waals surface area (Å²) in [5, 5.41) is 7.08. The molecule has 92 valence electrons. The minimum absolute atomic E-state index is 0.114. The number of nitrogens with one attached hydrogen (secondary N) is 2. The Labute approximate surface area is 102 Å². The number of amides is 1. The van der Waals surface area contributed by atoms with Crippen molar-refractivity contribution in [3.8, 4) is 0 Å². The van der Waals surface area contributed by atoms with Crippen molar-refractivity contribution in [1.82, 2.24) is 10.6 Å². The van der Waals surface area contributed by atoms with Crippen LogP contribution in [0.15, 0.2) is 4.99 Å². The van der Waals surface area contributed by atoms with Gasteiger partial charge in [-0.25, -0.2) is 0 Å². The summed E-state index contributed by atoms with van der Waals surface area (Å²) < 4.78 is 0. The lowest BCUT2D eigenvalue weighted by Crippen LogP contribution is -2.32. The molecule has 0 aromatic rings. The third kappa shape index (κ3) is 6.00. The van der Waals surface area contributed by atoms with E-state index in [-0.39, 0.29) is 5.91 Å². The SMILES string of the molecule is CC(C)CNC(=O)CCNC1=NCCCS1. The van der Waals surface area contributed by atoms with Gasteiger partial charge in [0.2, 0.25) is 5.91 Å². The van der Waals surface area contributed by atoms with E-state index in [1.54, 1.807) is 11.8 Å². The van der Waals surface area contributed by atoms with E-state index in [4.69, 9.17) is 0 Å². The summed E-state index contributed by atoms with van der Waals surface area (Å²) >= 11 is 1.74. The van der Waals surface area contributed by atoms with Crippen LogP contribution in [0, 0.1) is 5.92 Å². The van der Waals surface area contributed by atoms with Crippen molar-refractivity contribution in [1.29, 1.82) is 0 Å². The molecule has 5 heteroatoms. The number of amidine groups is 1. The van der Waals surface area contributed by atoms with E-state index >= 15 is 0 Å². The van der Waals surface area contributed by atoms with Crippen LogP contribution < -0.4 is 10.6 Å². The Kier molecular flexibility index (Phi) is 6.30. The van der Waals surface area contributed by atoms with E-state index in [0.717, 1.165) is 30.4 Å². The van der Waals surface area contributed by atoms with Gasteiger partial charge in [0.05, 0.1) is 0 Å². The number of hydrogen-bond donors (Lipinski definition) is 2. The predicted octanol–water partition coefficient (Wildman–Crippen LogP) is 1.23. The molecule has 0 atom stereocenters. The lowest BCUT2D eigenvalue weighted by Gasteiger charge is -2.13. The average Bonchev–Trinajstić information content (AvgIpc) is 2.28. The Morgan fingerprint density at radius 3 is 3.00 bits per heavy atom. The third-order valence-electron chi connectivity index (χ3n) is 2.13. The van der Waals surface area contributed by atoms with E-state index in [1.165, 1.54) is 0 Å². The molecule has 0 aromatic heterocycles.